The van der Waals surface area contributed by atoms with Gasteiger partial charge < -0.3 is 0 Å². The Kier molecular flexibility index (Phi) is 13.0. The van der Waals surface area contributed by atoms with E-state index in [9.17, 15) is 14.7 Å². The van der Waals surface area contributed by atoms with E-state index in [1.54, 1.807) is 37.5 Å². The SMILES string of the molecule is COCO[C@@](C)(/C=[CH]\[Sn]([CH3])([CH3])[CH3])[C@@H](C[C@H]1C(C)=CC[C@H](C(C)C)[C@H]1/C=C(\O)C(=O)OC)OC(=O)c1ccccc1. The average molecular weight is 663 g/mol. The van der Waals surface area contributed by atoms with Crippen LogP contribution in [0.3, 0.4) is 0 Å². The Bertz CT molecular complexity index is 1070. The summed E-state index contributed by atoms with van der Waals surface area (Å²) in [7, 11) is 2.82. The Morgan fingerprint density at radius 2 is 1.80 bits per heavy atom. The quantitative estimate of drug-likeness (QED) is 0.0615. The second-order valence-corrected chi connectivity index (χ2v) is 26.7. The van der Waals surface area contributed by atoms with Gasteiger partial charge >= 0.3 is 245 Å². The number of allylic oxidation sites excluding steroid dienone is 3. The van der Waals surface area contributed by atoms with E-state index in [-0.39, 0.29) is 30.5 Å². The van der Waals surface area contributed by atoms with E-state index in [0.717, 1.165) is 12.0 Å². The zero-order valence-corrected chi connectivity index (χ0v) is 28.5. The van der Waals surface area contributed by atoms with Crippen LogP contribution in [0.15, 0.2) is 64.0 Å². The number of aliphatic hydroxyl groups excluding tert-OH is 1. The number of methoxy groups -OCH3 is 2. The summed E-state index contributed by atoms with van der Waals surface area (Å²) in [5.74, 6) is -1.47. The van der Waals surface area contributed by atoms with Crippen LogP contribution in [0.5, 0.6) is 0 Å². The summed E-state index contributed by atoms with van der Waals surface area (Å²) < 4.78 is 24.9. The van der Waals surface area contributed by atoms with Gasteiger partial charge in [0.2, 0.25) is 0 Å². The van der Waals surface area contributed by atoms with E-state index in [4.69, 9.17) is 18.9 Å². The maximum atomic E-state index is 13.4. The third-order valence-corrected chi connectivity index (χ3v) is 11.0. The summed E-state index contributed by atoms with van der Waals surface area (Å²) in [4.78, 5) is 32.5. The molecule has 2 rings (SSSR count). The van der Waals surface area contributed by atoms with Crippen LogP contribution in [-0.4, -0.2) is 68.1 Å². The van der Waals surface area contributed by atoms with Crippen LogP contribution < -0.4 is 0 Å². The van der Waals surface area contributed by atoms with Gasteiger partial charge in [-0.3, -0.25) is 0 Å². The summed E-state index contributed by atoms with van der Waals surface area (Å²) in [5.41, 5.74) is 0.593. The first kappa shape index (κ1) is 34.1. The molecule has 0 aliphatic heterocycles. The van der Waals surface area contributed by atoms with Crippen LogP contribution in [-0.2, 0) is 23.7 Å². The van der Waals surface area contributed by atoms with Gasteiger partial charge in [-0.2, -0.15) is 0 Å². The first-order chi connectivity index (χ1) is 18.7. The zero-order valence-electron chi connectivity index (χ0n) is 25.6. The van der Waals surface area contributed by atoms with Crippen molar-refractivity contribution in [1.29, 1.82) is 0 Å². The van der Waals surface area contributed by atoms with Crippen LogP contribution >= 0.6 is 0 Å². The molecule has 0 saturated heterocycles. The van der Waals surface area contributed by atoms with Crippen molar-refractivity contribution in [3.63, 3.8) is 0 Å². The van der Waals surface area contributed by atoms with Crippen molar-refractivity contribution in [3.05, 3.63) is 69.5 Å². The molecule has 222 valence electrons. The Morgan fingerprint density at radius 3 is 2.35 bits per heavy atom. The normalized spacial score (nSPS) is 22.5. The number of ether oxygens (including phenoxy) is 4. The Labute approximate surface area is 244 Å². The van der Waals surface area contributed by atoms with E-state index in [1.165, 1.54) is 7.11 Å². The number of hydrogen-bond acceptors (Lipinski definition) is 7. The number of benzene rings is 1. The molecule has 0 heterocycles. The predicted molar refractivity (Wildman–Crippen MR) is 161 cm³/mol. The number of carbonyl (C=O) groups excluding carboxylic acids is 2. The van der Waals surface area contributed by atoms with Crippen molar-refractivity contribution in [2.75, 3.05) is 21.0 Å². The van der Waals surface area contributed by atoms with Crippen molar-refractivity contribution >= 4 is 30.3 Å². The summed E-state index contributed by atoms with van der Waals surface area (Å²) in [6.45, 7) is 8.30. The van der Waals surface area contributed by atoms with Gasteiger partial charge in [-0.05, 0) is 0 Å². The molecule has 0 aromatic heterocycles. The van der Waals surface area contributed by atoms with Gasteiger partial charge in [-0.1, -0.05) is 0 Å². The van der Waals surface area contributed by atoms with Gasteiger partial charge in [-0.15, -0.1) is 0 Å². The molecular weight excluding hydrogens is 615 g/mol. The van der Waals surface area contributed by atoms with Crippen LogP contribution in [0.4, 0.5) is 0 Å². The molecule has 0 spiro atoms. The fraction of sp³-hybridized carbons (Fsp3) is 0.562. The van der Waals surface area contributed by atoms with E-state index in [1.807, 2.05) is 19.1 Å². The molecule has 0 bridgehead atoms. The molecule has 1 aliphatic carbocycles. The molecule has 0 fully saturated rings. The predicted octanol–water partition coefficient (Wildman–Crippen LogP) is 6.88. The van der Waals surface area contributed by atoms with Gasteiger partial charge in [0, 0.05) is 0 Å². The molecule has 0 unspecified atom stereocenters. The Balaban J connectivity index is 2.63. The fourth-order valence-corrected chi connectivity index (χ4v) is 7.51. The molecule has 7 nitrogen and oxygen atoms in total. The minimum absolute atomic E-state index is 0.0282. The van der Waals surface area contributed by atoms with Crippen molar-refractivity contribution in [1.82, 2.24) is 0 Å². The summed E-state index contributed by atoms with van der Waals surface area (Å²) in [6, 6.07) is 8.92. The summed E-state index contributed by atoms with van der Waals surface area (Å²) in [5, 5.41) is 10.6. The monoisotopic (exact) mass is 664 g/mol. The third-order valence-electron chi connectivity index (χ3n) is 7.63. The number of aliphatic hydroxyl groups is 1. The molecule has 40 heavy (non-hydrogen) atoms. The molecular formula is C32H48O7Sn. The fourth-order valence-electron chi connectivity index (χ4n) is 5.14. The number of hydrogen-bond donors (Lipinski definition) is 1. The van der Waals surface area contributed by atoms with Crippen molar-refractivity contribution in [3.8, 4) is 0 Å². The first-order valence-corrected chi connectivity index (χ1v) is 24.2. The van der Waals surface area contributed by atoms with Crippen molar-refractivity contribution in [2.45, 2.75) is 67.1 Å². The molecule has 1 aromatic rings. The third kappa shape index (κ3) is 9.77. The van der Waals surface area contributed by atoms with E-state index >= 15 is 0 Å². The zero-order chi connectivity index (χ0) is 30.1. The van der Waals surface area contributed by atoms with Crippen LogP contribution in [0, 0.1) is 23.7 Å². The van der Waals surface area contributed by atoms with Crippen LogP contribution in [0.1, 0.15) is 50.9 Å². The number of rotatable bonds is 13. The van der Waals surface area contributed by atoms with Gasteiger partial charge in [-0.25, -0.2) is 0 Å². The molecule has 8 heteroatoms. The first-order valence-electron chi connectivity index (χ1n) is 14.0. The summed E-state index contributed by atoms with van der Waals surface area (Å²) >= 11 is -2.42. The van der Waals surface area contributed by atoms with Gasteiger partial charge in [0.25, 0.3) is 0 Å². The van der Waals surface area contributed by atoms with E-state index in [0.29, 0.717) is 12.0 Å². The van der Waals surface area contributed by atoms with Gasteiger partial charge in [0.15, 0.2) is 0 Å². The minimum atomic E-state index is -2.42. The molecule has 0 radical (unpaired) electrons. The maximum absolute atomic E-state index is 13.4. The van der Waals surface area contributed by atoms with Gasteiger partial charge in [0.1, 0.15) is 0 Å². The molecule has 1 N–H and O–H groups in total. The van der Waals surface area contributed by atoms with Crippen LogP contribution in [0.25, 0.3) is 0 Å². The molecule has 1 aromatic carbocycles. The van der Waals surface area contributed by atoms with E-state index in [2.05, 4.69) is 45.8 Å². The summed E-state index contributed by atoms with van der Waals surface area (Å²) in [6.07, 6.45) is 6.45. The second-order valence-electron chi connectivity index (χ2n) is 12.2. The number of carbonyl (C=O) groups is 2. The van der Waals surface area contributed by atoms with E-state index < -0.39 is 47.8 Å². The average Bonchev–Trinajstić information content (AvgIpc) is 2.91. The topological polar surface area (TPSA) is 91.3 Å². The van der Waals surface area contributed by atoms with Gasteiger partial charge in [0.05, 0.1) is 0 Å². The molecule has 5 atom stereocenters. The molecule has 0 saturated carbocycles. The molecule has 0 amide bonds. The van der Waals surface area contributed by atoms with Crippen molar-refractivity contribution in [2.24, 2.45) is 23.7 Å². The second kappa shape index (κ2) is 15.2. The molecule has 1 aliphatic rings. The Morgan fingerprint density at radius 1 is 1.15 bits per heavy atom. The van der Waals surface area contributed by atoms with Crippen LogP contribution in [0.2, 0.25) is 14.8 Å². The Hall–Kier alpha value is -2.10. The number of esters is 2. The van der Waals surface area contributed by atoms with Crippen molar-refractivity contribution < 1.29 is 33.6 Å². The standard InChI is InChI=1S/C29H39O7.3CH3.Sn/c1-8-29(5,35-18-33-6)26(36-27(31)21-12-10-9-11-13-21)17-23-20(4)14-15-22(19(2)3)24(23)16-25(30)28(32)34-7;;;;/h1,8-14,16,19,22-24,26,30H,15,17-18H2,2-7H3;3*1H3;/b8-1?,25-16-;;;;/t22-,23+,24-,26-,29+;;;;/m1..../s1.